The van der Waals surface area contributed by atoms with Crippen LogP contribution in [0, 0.1) is 0 Å². The Kier molecular flexibility index (Phi) is 4.64. The Bertz CT molecular complexity index is 143. The van der Waals surface area contributed by atoms with E-state index < -0.39 is 8.24 Å². The largest absolute Gasteiger partial charge is 0.350 e. The van der Waals surface area contributed by atoms with Gasteiger partial charge in [-0.1, -0.05) is 25.2 Å². The summed E-state index contributed by atoms with van der Waals surface area (Å²) in [5.74, 6) is 0. The summed E-state index contributed by atoms with van der Waals surface area (Å²) in [4.78, 5) is 0. The van der Waals surface area contributed by atoms with Gasteiger partial charge in [0.25, 0.3) is 0 Å². The fraction of sp³-hybridized carbons (Fsp3) is 0.500. The highest BCUT2D eigenvalue weighted by atomic mass is 28.4. The zero-order valence-electron chi connectivity index (χ0n) is 7.93. The standard InChI is InChI=1S/C8H19NSi2/c1-5-7-9(10)11(3,4)8-6-2/h5-6H,1-2,7-8H2,3-4,10H3. The summed E-state index contributed by atoms with van der Waals surface area (Å²) in [5.41, 5.74) is 0. The lowest BCUT2D eigenvalue weighted by atomic mass is 10.7. The second kappa shape index (κ2) is 4.69. The van der Waals surface area contributed by atoms with Gasteiger partial charge in [0, 0.05) is 6.54 Å². The van der Waals surface area contributed by atoms with E-state index in [1.54, 1.807) is 0 Å². The van der Waals surface area contributed by atoms with E-state index in [-0.39, 0.29) is 0 Å². The van der Waals surface area contributed by atoms with Crippen LogP contribution in [0.5, 0.6) is 0 Å². The maximum Gasteiger partial charge on any atom is 0.118 e. The van der Waals surface area contributed by atoms with Gasteiger partial charge in [0.15, 0.2) is 0 Å². The molecule has 0 saturated heterocycles. The van der Waals surface area contributed by atoms with Gasteiger partial charge in [0.05, 0.1) is 10.4 Å². The number of rotatable bonds is 5. The van der Waals surface area contributed by atoms with E-state index in [1.807, 2.05) is 12.2 Å². The van der Waals surface area contributed by atoms with Crippen molar-refractivity contribution in [1.82, 2.24) is 4.23 Å². The Labute approximate surface area is 74.4 Å². The first-order valence-electron chi connectivity index (χ1n) is 3.97. The van der Waals surface area contributed by atoms with E-state index in [9.17, 15) is 0 Å². The number of hydrogen-bond donors (Lipinski definition) is 0. The minimum Gasteiger partial charge on any atom is -0.350 e. The number of hydrogen-bond acceptors (Lipinski definition) is 1. The molecule has 0 bridgehead atoms. The topological polar surface area (TPSA) is 3.24 Å². The third-order valence-electron chi connectivity index (χ3n) is 2.08. The van der Waals surface area contributed by atoms with E-state index in [4.69, 9.17) is 0 Å². The Balaban J connectivity index is 4.03. The van der Waals surface area contributed by atoms with E-state index in [0.29, 0.717) is 0 Å². The van der Waals surface area contributed by atoms with Crippen molar-refractivity contribution < 1.29 is 0 Å². The second-order valence-electron chi connectivity index (χ2n) is 3.47. The highest BCUT2D eigenvalue weighted by Gasteiger charge is 2.22. The van der Waals surface area contributed by atoms with Crippen LogP contribution in [-0.4, -0.2) is 29.4 Å². The number of nitrogens with zero attached hydrogens (tertiary/aromatic N) is 1. The van der Waals surface area contributed by atoms with Crippen molar-refractivity contribution >= 4 is 18.6 Å². The van der Waals surface area contributed by atoms with Crippen LogP contribution in [0.3, 0.4) is 0 Å². The molecule has 0 amide bonds. The Morgan fingerprint density at radius 2 is 1.91 bits per heavy atom. The van der Waals surface area contributed by atoms with E-state index in [0.717, 1.165) is 16.9 Å². The lowest BCUT2D eigenvalue weighted by Crippen LogP contribution is -2.46. The van der Waals surface area contributed by atoms with E-state index in [2.05, 4.69) is 30.5 Å². The van der Waals surface area contributed by atoms with Gasteiger partial charge in [-0.2, -0.15) is 0 Å². The van der Waals surface area contributed by atoms with E-state index >= 15 is 0 Å². The van der Waals surface area contributed by atoms with Crippen molar-refractivity contribution in [2.24, 2.45) is 0 Å². The molecule has 11 heavy (non-hydrogen) atoms. The molecule has 0 saturated carbocycles. The lowest BCUT2D eigenvalue weighted by Gasteiger charge is -2.32. The predicted octanol–water partition coefficient (Wildman–Crippen LogP) is 1.15. The Hall–Kier alpha value is -0.126. The van der Waals surface area contributed by atoms with Gasteiger partial charge < -0.3 is 4.23 Å². The van der Waals surface area contributed by atoms with Crippen LogP contribution >= 0.6 is 0 Å². The smallest absolute Gasteiger partial charge is 0.118 e. The fourth-order valence-corrected chi connectivity index (χ4v) is 3.40. The Morgan fingerprint density at radius 3 is 2.27 bits per heavy atom. The van der Waals surface area contributed by atoms with Crippen LogP contribution in [0.25, 0.3) is 0 Å². The maximum absolute atomic E-state index is 3.79. The first-order valence-corrected chi connectivity index (χ1v) is 8.02. The summed E-state index contributed by atoms with van der Waals surface area (Å²) in [6.45, 7) is 13.4. The molecule has 0 radical (unpaired) electrons. The van der Waals surface area contributed by atoms with Crippen molar-refractivity contribution in [2.45, 2.75) is 19.1 Å². The molecule has 0 atom stereocenters. The molecule has 0 unspecified atom stereocenters. The van der Waals surface area contributed by atoms with Gasteiger partial charge >= 0.3 is 0 Å². The molecular formula is C8H19NSi2. The zero-order chi connectivity index (χ0) is 8.91. The van der Waals surface area contributed by atoms with Crippen LogP contribution in [0.15, 0.2) is 25.3 Å². The molecular weight excluding hydrogens is 166 g/mol. The van der Waals surface area contributed by atoms with Crippen LogP contribution < -0.4 is 0 Å². The van der Waals surface area contributed by atoms with Crippen LogP contribution in [-0.2, 0) is 0 Å². The summed E-state index contributed by atoms with van der Waals surface area (Å²) in [6.07, 6.45) is 4.03. The maximum atomic E-state index is 3.79. The molecule has 0 aromatic heterocycles. The quantitative estimate of drug-likeness (QED) is 0.459. The highest BCUT2D eigenvalue weighted by molar-refractivity contribution is 6.78. The minimum absolute atomic E-state index is 1.05. The molecule has 0 N–H and O–H groups in total. The van der Waals surface area contributed by atoms with E-state index in [1.165, 1.54) is 6.04 Å². The molecule has 0 aliphatic carbocycles. The minimum atomic E-state index is -1.12. The van der Waals surface area contributed by atoms with Gasteiger partial charge in [-0.25, -0.2) is 0 Å². The van der Waals surface area contributed by atoms with Gasteiger partial charge in [-0.3, -0.25) is 0 Å². The third-order valence-corrected chi connectivity index (χ3v) is 9.61. The highest BCUT2D eigenvalue weighted by Crippen LogP contribution is 2.12. The molecule has 0 aliphatic heterocycles. The second-order valence-corrected chi connectivity index (χ2v) is 10.2. The van der Waals surface area contributed by atoms with Gasteiger partial charge in [-0.05, 0) is 6.04 Å². The van der Waals surface area contributed by atoms with Gasteiger partial charge in [0.1, 0.15) is 8.24 Å². The molecule has 64 valence electrons. The molecule has 0 fully saturated rings. The van der Waals surface area contributed by atoms with Crippen LogP contribution in [0.2, 0.25) is 19.1 Å². The normalized spacial score (nSPS) is 11.9. The van der Waals surface area contributed by atoms with Gasteiger partial charge in [-0.15, -0.1) is 13.2 Å². The molecule has 0 spiro atoms. The van der Waals surface area contributed by atoms with Crippen LogP contribution in [0.4, 0.5) is 0 Å². The number of allylic oxidation sites excluding steroid dienone is 1. The van der Waals surface area contributed by atoms with Crippen molar-refractivity contribution in [3.63, 3.8) is 0 Å². The third kappa shape index (κ3) is 3.69. The first kappa shape index (κ1) is 10.9. The summed E-state index contributed by atoms with van der Waals surface area (Å²) in [6, 6.07) is 1.18. The van der Waals surface area contributed by atoms with Gasteiger partial charge in [0.2, 0.25) is 0 Å². The summed E-state index contributed by atoms with van der Waals surface area (Å²) < 4.78 is 2.54. The monoisotopic (exact) mass is 185 g/mol. The first-order chi connectivity index (χ1) is 5.04. The molecule has 0 rings (SSSR count). The average molecular weight is 185 g/mol. The summed E-state index contributed by atoms with van der Waals surface area (Å²) in [5, 5.41) is 0. The molecule has 0 aliphatic rings. The van der Waals surface area contributed by atoms with Crippen molar-refractivity contribution in [3.05, 3.63) is 25.3 Å². The molecule has 3 heteroatoms. The van der Waals surface area contributed by atoms with Crippen molar-refractivity contribution in [1.29, 1.82) is 0 Å². The molecule has 0 aromatic rings. The zero-order valence-corrected chi connectivity index (χ0v) is 10.9. The summed E-state index contributed by atoms with van der Waals surface area (Å²) >= 11 is 0. The SMILES string of the molecule is C=CCN([SiH3])[Si](C)(C)CC=C. The predicted molar refractivity (Wildman–Crippen MR) is 59.3 cm³/mol. The molecule has 0 heterocycles. The van der Waals surface area contributed by atoms with Crippen molar-refractivity contribution in [3.8, 4) is 0 Å². The average Bonchev–Trinajstić information content (AvgIpc) is 1.88. The Morgan fingerprint density at radius 1 is 1.36 bits per heavy atom. The van der Waals surface area contributed by atoms with Crippen molar-refractivity contribution in [2.75, 3.05) is 6.54 Å². The lowest BCUT2D eigenvalue weighted by molar-refractivity contribution is 0.733. The van der Waals surface area contributed by atoms with Crippen LogP contribution in [0.1, 0.15) is 0 Å². The molecule has 0 aromatic carbocycles. The summed E-state index contributed by atoms with van der Waals surface area (Å²) in [7, 11) is 0.0255. The fourth-order valence-electron chi connectivity index (χ4n) is 0.950. The molecule has 1 nitrogen and oxygen atoms in total.